The van der Waals surface area contributed by atoms with Crippen LogP contribution < -0.4 is 0 Å². The maximum Gasteiger partial charge on any atom is 0.246 e. The number of rotatable bonds is 5. The molecule has 1 amide bonds. The fourth-order valence-corrected chi connectivity index (χ4v) is 6.70. The van der Waals surface area contributed by atoms with Crippen molar-refractivity contribution in [1.82, 2.24) is 23.9 Å². The molecule has 2 aliphatic rings. The van der Waals surface area contributed by atoms with Gasteiger partial charge >= 0.3 is 0 Å². The van der Waals surface area contributed by atoms with Crippen LogP contribution >= 0.6 is 11.3 Å². The van der Waals surface area contributed by atoms with Gasteiger partial charge in [-0.25, -0.2) is 8.42 Å². The molecule has 2 aromatic heterocycles. The molecule has 4 rings (SSSR count). The van der Waals surface area contributed by atoms with Gasteiger partial charge in [0.15, 0.2) is 0 Å². The molecule has 30 heavy (non-hydrogen) atoms. The highest BCUT2D eigenvalue weighted by Crippen LogP contribution is 2.27. The fourth-order valence-electron chi connectivity index (χ4n) is 4.24. The lowest BCUT2D eigenvalue weighted by Crippen LogP contribution is -2.52. The first-order valence-electron chi connectivity index (χ1n) is 10.4. The first-order chi connectivity index (χ1) is 14.4. The van der Waals surface area contributed by atoms with E-state index in [2.05, 4.69) is 27.5 Å². The number of aryl methyl sites for hydroxylation is 1. The molecular weight excluding hydrogens is 422 g/mol. The van der Waals surface area contributed by atoms with E-state index >= 15 is 0 Å². The lowest BCUT2D eigenvalue weighted by atomic mass is 9.98. The summed E-state index contributed by atoms with van der Waals surface area (Å²) in [5.74, 6) is -0.178. The highest BCUT2D eigenvalue weighted by atomic mass is 32.2. The normalized spacial score (nSPS) is 21.8. The summed E-state index contributed by atoms with van der Waals surface area (Å²) in [7, 11) is -1.90. The van der Waals surface area contributed by atoms with Crippen LogP contribution in [0.25, 0.3) is 0 Å². The Bertz CT molecular complexity index is 978. The number of sulfonamides is 1. The third kappa shape index (κ3) is 4.32. The monoisotopic (exact) mass is 451 g/mol. The topological polar surface area (TPSA) is 78.8 Å². The number of carbonyl (C=O) groups is 1. The van der Waals surface area contributed by atoms with Gasteiger partial charge in [0.1, 0.15) is 4.90 Å². The third-order valence-electron chi connectivity index (χ3n) is 6.18. The largest absolute Gasteiger partial charge is 0.340 e. The quantitative estimate of drug-likeness (QED) is 0.689. The van der Waals surface area contributed by atoms with Crippen LogP contribution in [0.1, 0.15) is 23.4 Å². The summed E-state index contributed by atoms with van der Waals surface area (Å²) < 4.78 is 29.2. The number of nitrogens with zero attached hydrogens (tertiary/aromatic N) is 5. The van der Waals surface area contributed by atoms with Gasteiger partial charge in [0.2, 0.25) is 15.9 Å². The Balaban J connectivity index is 1.36. The highest BCUT2D eigenvalue weighted by Gasteiger charge is 2.37. The number of aromatic nitrogens is 2. The van der Waals surface area contributed by atoms with Crippen molar-refractivity contribution in [1.29, 1.82) is 0 Å². The van der Waals surface area contributed by atoms with Crippen LogP contribution in [-0.2, 0) is 28.4 Å². The number of piperidine rings is 1. The van der Waals surface area contributed by atoms with Gasteiger partial charge in [-0.05, 0) is 31.2 Å². The molecular formula is C20H29N5O3S2. The third-order valence-corrected chi connectivity index (χ3v) is 9.01. The molecule has 0 aliphatic carbocycles. The molecule has 164 valence electrons. The van der Waals surface area contributed by atoms with Crippen molar-refractivity contribution in [2.45, 2.75) is 31.2 Å². The fraction of sp³-hybridized carbons (Fsp3) is 0.600. The minimum atomic E-state index is -3.63. The Morgan fingerprint density at radius 1 is 1.23 bits per heavy atom. The first-order valence-corrected chi connectivity index (χ1v) is 12.7. The lowest BCUT2D eigenvalue weighted by molar-refractivity contribution is -0.138. The Morgan fingerprint density at radius 2 is 2.00 bits per heavy atom. The van der Waals surface area contributed by atoms with E-state index in [1.54, 1.807) is 30.0 Å². The number of amides is 1. The molecule has 10 heteroatoms. The zero-order valence-electron chi connectivity index (χ0n) is 17.5. The average molecular weight is 452 g/mol. The SMILES string of the molecule is Cc1c(S(=O)(=O)N2CCC[C@@H](C(=O)N3CCN(Cc4cccs4)CC3)C2)cnn1C. The average Bonchev–Trinajstić information content (AvgIpc) is 3.38. The van der Waals surface area contributed by atoms with E-state index in [-0.39, 0.29) is 23.3 Å². The van der Waals surface area contributed by atoms with Gasteiger partial charge in [0, 0.05) is 57.7 Å². The maximum absolute atomic E-state index is 13.1. The Hall–Kier alpha value is -1.75. The van der Waals surface area contributed by atoms with Gasteiger partial charge in [-0.1, -0.05) is 6.07 Å². The van der Waals surface area contributed by atoms with Gasteiger partial charge in [-0.15, -0.1) is 11.3 Å². The molecule has 0 aromatic carbocycles. The summed E-state index contributed by atoms with van der Waals surface area (Å²) in [5.41, 5.74) is 0.616. The van der Waals surface area contributed by atoms with Crippen LogP contribution in [0.4, 0.5) is 0 Å². The molecule has 0 N–H and O–H groups in total. The number of piperazine rings is 1. The van der Waals surface area contributed by atoms with Gasteiger partial charge < -0.3 is 4.90 Å². The Kier molecular flexibility index (Phi) is 6.29. The van der Waals surface area contributed by atoms with E-state index in [0.717, 1.165) is 26.1 Å². The molecule has 8 nitrogen and oxygen atoms in total. The Labute approximate surface area is 182 Å². The summed E-state index contributed by atoms with van der Waals surface area (Å²) in [6.07, 6.45) is 2.85. The minimum absolute atomic E-state index is 0.0913. The summed E-state index contributed by atoms with van der Waals surface area (Å²) in [5, 5.41) is 6.16. The molecule has 2 aliphatic heterocycles. The summed E-state index contributed by atoms with van der Waals surface area (Å²) in [4.78, 5) is 19.0. The Morgan fingerprint density at radius 3 is 2.63 bits per heavy atom. The van der Waals surface area contributed by atoms with Crippen molar-refractivity contribution in [2.75, 3.05) is 39.3 Å². The number of thiophene rings is 1. The van der Waals surface area contributed by atoms with E-state index in [9.17, 15) is 13.2 Å². The van der Waals surface area contributed by atoms with Crippen molar-refractivity contribution < 1.29 is 13.2 Å². The number of hydrogen-bond acceptors (Lipinski definition) is 6. The maximum atomic E-state index is 13.1. The molecule has 4 heterocycles. The van der Waals surface area contributed by atoms with E-state index in [4.69, 9.17) is 0 Å². The van der Waals surface area contributed by atoms with Crippen molar-refractivity contribution in [3.63, 3.8) is 0 Å². The summed E-state index contributed by atoms with van der Waals surface area (Å²) >= 11 is 1.76. The van der Waals surface area contributed by atoms with E-state index in [1.165, 1.54) is 15.4 Å². The zero-order valence-corrected chi connectivity index (χ0v) is 19.2. The highest BCUT2D eigenvalue weighted by molar-refractivity contribution is 7.89. The number of hydrogen-bond donors (Lipinski definition) is 0. The van der Waals surface area contributed by atoms with Crippen LogP contribution in [0.3, 0.4) is 0 Å². The molecule has 0 unspecified atom stereocenters. The standard InChI is InChI=1S/C20H29N5O3S2/c1-16-19(13-21-22(16)2)30(27,28)25-7-3-5-17(14-25)20(26)24-10-8-23(9-11-24)15-18-6-4-12-29-18/h4,6,12-13,17H,3,5,7-11,14-15H2,1-2H3/t17-/m1/s1. The summed E-state index contributed by atoms with van der Waals surface area (Å²) in [6, 6.07) is 4.21. The van der Waals surface area contributed by atoms with Gasteiger partial charge in [0.05, 0.1) is 17.8 Å². The molecule has 0 radical (unpaired) electrons. The molecule has 0 saturated carbocycles. The second-order valence-corrected chi connectivity index (χ2v) is 11.0. The van der Waals surface area contributed by atoms with Crippen LogP contribution in [0.5, 0.6) is 0 Å². The zero-order chi connectivity index (χ0) is 21.3. The van der Waals surface area contributed by atoms with Gasteiger partial charge in [-0.3, -0.25) is 14.4 Å². The van der Waals surface area contributed by atoms with E-state index < -0.39 is 10.0 Å². The van der Waals surface area contributed by atoms with Crippen molar-refractivity contribution in [3.05, 3.63) is 34.3 Å². The van der Waals surface area contributed by atoms with Crippen molar-refractivity contribution in [3.8, 4) is 0 Å². The smallest absolute Gasteiger partial charge is 0.246 e. The predicted molar refractivity (Wildman–Crippen MR) is 116 cm³/mol. The van der Waals surface area contributed by atoms with E-state index in [1.807, 2.05) is 4.90 Å². The van der Waals surface area contributed by atoms with Gasteiger partial charge in [0.25, 0.3) is 0 Å². The van der Waals surface area contributed by atoms with Crippen LogP contribution in [0, 0.1) is 12.8 Å². The van der Waals surface area contributed by atoms with Crippen molar-refractivity contribution in [2.24, 2.45) is 13.0 Å². The van der Waals surface area contributed by atoms with Crippen LogP contribution in [0.2, 0.25) is 0 Å². The molecule has 2 aromatic rings. The lowest BCUT2D eigenvalue weighted by Gasteiger charge is -2.38. The number of carbonyl (C=O) groups excluding carboxylic acids is 1. The second-order valence-electron chi connectivity index (χ2n) is 8.10. The minimum Gasteiger partial charge on any atom is -0.340 e. The molecule has 0 bridgehead atoms. The molecule has 0 spiro atoms. The van der Waals surface area contributed by atoms with E-state index in [0.29, 0.717) is 31.7 Å². The van der Waals surface area contributed by atoms with Crippen LogP contribution in [-0.4, -0.2) is 77.5 Å². The summed E-state index contributed by atoms with van der Waals surface area (Å²) in [6.45, 7) is 6.51. The van der Waals surface area contributed by atoms with Gasteiger partial charge in [-0.2, -0.15) is 9.40 Å². The predicted octanol–water partition coefficient (Wildman–Crippen LogP) is 1.54. The second kappa shape index (κ2) is 8.78. The van der Waals surface area contributed by atoms with Crippen LogP contribution in [0.15, 0.2) is 28.6 Å². The molecule has 2 fully saturated rings. The molecule has 2 saturated heterocycles. The first kappa shape index (κ1) is 21.5. The molecule has 1 atom stereocenters. The van der Waals surface area contributed by atoms with Crippen molar-refractivity contribution >= 4 is 27.3 Å².